The Morgan fingerprint density at radius 2 is 1.83 bits per heavy atom. The molecule has 1 aliphatic rings. The number of rotatable bonds is 6. The van der Waals surface area contributed by atoms with Gasteiger partial charge < -0.3 is 10.0 Å². The third kappa shape index (κ3) is 3.47. The van der Waals surface area contributed by atoms with E-state index in [-0.39, 0.29) is 17.7 Å². The molecule has 18 heavy (non-hydrogen) atoms. The van der Waals surface area contributed by atoms with Crippen molar-refractivity contribution in [3.8, 4) is 0 Å². The van der Waals surface area contributed by atoms with E-state index in [9.17, 15) is 9.59 Å². The van der Waals surface area contributed by atoms with Crippen LogP contribution in [0.15, 0.2) is 0 Å². The van der Waals surface area contributed by atoms with Crippen molar-refractivity contribution in [2.24, 2.45) is 11.3 Å². The molecule has 1 fully saturated rings. The highest BCUT2D eigenvalue weighted by molar-refractivity contribution is 5.82. The molecule has 1 rings (SSSR count). The summed E-state index contributed by atoms with van der Waals surface area (Å²) < 4.78 is 0. The van der Waals surface area contributed by atoms with Crippen LogP contribution in [0.5, 0.6) is 0 Å². The zero-order valence-electron chi connectivity index (χ0n) is 11.7. The van der Waals surface area contributed by atoms with Crippen molar-refractivity contribution in [3.63, 3.8) is 0 Å². The summed E-state index contributed by atoms with van der Waals surface area (Å²) in [6, 6.07) is 0. The van der Waals surface area contributed by atoms with Crippen LogP contribution in [0.25, 0.3) is 0 Å². The van der Waals surface area contributed by atoms with Crippen molar-refractivity contribution in [1.82, 2.24) is 4.90 Å². The number of hydrogen-bond donors (Lipinski definition) is 1. The highest BCUT2D eigenvalue weighted by Gasteiger charge is 2.40. The van der Waals surface area contributed by atoms with Gasteiger partial charge in [-0.05, 0) is 25.7 Å². The van der Waals surface area contributed by atoms with E-state index in [2.05, 4.69) is 0 Å². The van der Waals surface area contributed by atoms with Gasteiger partial charge in [0.1, 0.15) is 0 Å². The van der Waals surface area contributed by atoms with Gasteiger partial charge in [0, 0.05) is 18.5 Å². The van der Waals surface area contributed by atoms with Crippen molar-refractivity contribution in [2.75, 3.05) is 13.1 Å². The summed E-state index contributed by atoms with van der Waals surface area (Å²) in [4.78, 5) is 24.8. The van der Waals surface area contributed by atoms with Crippen molar-refractivity contribution < 1.29 is 14.7 Å². The van der Waals surface area contributed by atoms with Crippen LogP contribution in [0.2, 0.25) is 0 Å². The topological polar surface area (TPSA) is 57.6 Å². The Kier molecular flexibility index (Phi) is 5.17. The molecule has 0 radical (unpaired) electrons. The Hall–Kier alpha value is -1.06. The molecule has 0 unspecified atom stereocenters. The van der Waals surface area contributed by atoms with Crippen LogP contribution in [0.4, 0.5) is 0 Å². The molecule has 0 aromatic heterocycles. The monoisotopic (exact) mass is 255 g/mol. The average molecular weight is 255 g/mol. The van der Waals surface area contributed by atoms with Gasteiger partial charge >= 0.3 is 5.97 Å². The fourth-order valence-electron chi connectivity index (χ4n) is 2.86. The van der Waals surface area contributed by atoms with Gasteiger partial charge in [-0.3, -0.25) is 9.59 Å². The standard InChI is InChI=1S/C14H25NO3/c1-4-15(10-9-12(16)17)13(18)14(2,3)11-7-5-6-8-11/h11H,4-10H2,1-3H3,(H,16,17). The minimum Gasteiger partial charge on any atom is -0.481 e. The molecule has 0 atom stereocenters. The number of carbonyl (C=O) groups excluding carboxylic acids is 1. The van der Waals surface area contributed by atoms with E-state index in [1.165, 1.54) is 12.8 Å². The third-order valence-electron chi connectivity index (χ3n) is 4.19. The van der Waals surface area contributed by atoms with Gasteiger partial charge in [-0.15, -0.1) is 0 Å². The van der Waals surface area contributed by atoms with Crippen LogP contribution in [0.1, 0.15) is 52.9 Å². The first kappa shape index (κ1) is 15.0. The van der Waals surface area contributed by atoms with Gasteiger partial charge in [0.2, 0.25) is 5.91 Å². The normalized spacial score (nSPS) is 16.8. The second-order valence-electron chi connectivity index (χ2n) is 5.73. The van der Waals surface area contributed by atoms with Crippen LogP contribution in [0.3, 0.4) is 0 Å². The maximum Gasteiger partial charge on any atom is 0.305 e. The number of carbonyl (C=O) groups is 2. The van der Waals surface area contributed by atoms with Gasteiger partial charge in [-0.25, -0.2) is 0 Å². The second kappa shape index (κ2) is 6.21. The smallest absolute Gasteiger partial charge is 0.305 e. The lowest BCUT2D eigenvalue weighted by Crippen LogP contribution is -2.45. The predicted octanol–water partition coefficient (Wildman–Crippen LogP) is 2.53. The summed E-state index contributed by atoms with van der Waals surface area (Å²) in [5.41, 5.74) is -0.356. The second-order valence-corrected chi connectivity index (χ2v) is 5.73. The molecule has 0 aliphatic heterocycles. The Morgan fingerprint density at radius 1 is 1.28 bits per heavy atom. The van der Waals surface area contributed by atoms with Gasteiger partial charge in [0.05, 0.1) is 6.42 Å². The minimum atomic E-state index is -0.847. The highest BCUT2D eigenvalue weighted by atomic mass is 16.4. The summed E-state index contributed by atoms with van der Waals surface area (Å²) in [6.45, 7) is 6.83. The first-order valence-corrected chi connectivity index (χ1v) is 6.90. The van der Waals surface area contributed by atoms with Crippen molar-refractivity contribution in [1.29, 1.82) is 0 Å². The van der Waals surface area contributed by atoms with Crippen molar-refractivity contribution >= 4 is 11.9 Å². The van der Waals surface area contributed by atoms with Gasteiger partial charge in [-0.2, -0.15) is 0 Å². The van der Waals surface area contributed by atoms with Gasteiger partial charge in [0.25, 0.3) is 0 Å². The summed E-state index contributed by atoms with van der Waals surface area (Å²) in [6.07, 6.45) is 4.69. The molecule has 1 saturated carbocycles. The number of nitrogens with zero attached hydrogens (tertiary/aromatic N) is 1. The number of amides is 1. The molecule has 4 heteroatoms. The summed E-state index contributed by atoms with van der Waals surface area (Å²) in [7, 11) is 0. The van der Waals surface area contributed by atoms with Crippen LogP contribution in [0, 0.1) is 11.3 Å². The molecule has 0 heterocycles. The minimum absolute atomic E-state index is 0.0281. The molecule has 0 bridgehead atoms. The zero-order valence-corrected chi connectivity index (χ0v) is 11.7. The van der Waals surface area contributed by atoms with Gasteiger partial charge in [-0.1, -0.05) is 26.7 Å². The Morgan fingerprint density at radius 3 is 2.28 bits per heavy atom. The summed E-state index contributed by atoms with van der Waals surface area (Å²) in [5, 5.41) is 8.72. The van der Waals surface area contributed by atoms with Crippen LogP contribution < -0.4 is 0 Å². The molecule has 0 aromatic rings. The lowest BCUT2D eigenvalue weighted by molar-refractivity contribution is -0.144. The largest absolute Gasteiger partial charge is 0.481 e. The van der Waals surface area contributed by atoms with E-state index in [4.69, 9.17) is 5.11 Å². The van der Waals surface area contributed by atoms with E-state index < -0.39 is 5.97 Å². The molecular weight excluding hydrogens is 230 g/mol. The predicted molar refractivity (Wildman–Crippen MR) is 70.2 cm³/mol. The third-order valence-corrected chi connectivity index (χ3v) is 4.19. The Balaban J connectivity index is 2.66. The molecular formula is C14H25NO3. The van der Waals surface area contributed by atoms with E-state index in [0.29, 0.717) is 19.0 Å². The maximum absolute atomic E-state index is 12.5. The molecule has 1 aliphatic carbocycles. The quantitative estimate of drug-likeness (QED) is 0.793. The first-order chi connectivity index (χ1) is 8.39. The molecule has 0 saturated heterocycles. The van der Waals surface area contributed by atoms with E-state index >= 15 is 0 Å². The maximum atomic E-state index is 12.5. The lowest BCUT2D eigenvalue weighted by Gasteiger charge is -2.35. The molecule has 104 valence electrons. The van der Waals surface area contributed by atoms with Crippen LogP contribution in [-0.4, -0.2) is 35.0 Å². The first-order valence-electron chi connectivity index (χ1n) is 6.90. The van der Waals surface area contributed by atoms with Crippen LogP contribution >= 0.6 is 0 Å². The van der Waals surface area contributed by atoms with E-state index in [1.807, 2.05) is 20.8 Å². The SMILES string of the molecule is CCN(CCC(=O)O)C(=O)C(C)(C)C1CCCC1. The lowest BCUT2D eigenvalue weighted by atomic mass is 9.76. The average Bonchev–Trinajstić information content (AvgIpc) is 2.83. The number of carboxylic acids is 1. The number of carboxylic acid groups (broad SMARTS) is 1. The Labute approximate surface area is 109 Å². The van der Waals surface area contributed by atoms with Crippen molar-refractivity contribution in [3.05, 3.63) is 0 Å². The highest BCUT2D eigenvalue weighted by Crippen LogP contribution is 2.40. The molecule has 1 amide bonds. The molecule has 0 spiro atoms. The molecule has 4 nitrogen and oxygen atoms in total. The van der Waals surface area contributed by atoms with Gasteiger partial charge in [0.15, 0.2) is 0 Å². The van der Waals surface area contributed by atoms with Crippen molar-refractivity contribution in [2.45, 2.75) is 52.9 Å². The fourth-order valence-corrected chi connectivity index (χ4v) is 2.86. The Bertz CT molecular complexity index is 306. The summed E-state index contributed by atoms with van der Waals surface area (Å²) >= 11 is 0. The molecule has 0 aromatic carbocycles. The van der Waals surface area contributed by atoms with Crippen LogP contribution in [-0.2, 0) is 9.59 Å². The van der Waals surface area contributed by atoms with E-state index in [1.54, 1.807) is 4.90 Å². The number of aliphatic carboxylic acids is 1. The number of hydrogen-bond acceptors (Lipinski definition) is 2. The molecule has 1 N–H and O–H groups in total. The zero-order chi connectivity index (χ0) is 13.8. The summed E-state index contributed by atoms with van der Waals surface area (Å²) in [5.74, 6) is -0.290. The van der Waals surface area contributed by atoms with E-state index in [0.717, 1.165) is 12.8 Å². The fraction of sp³-hybridized carbons (Fsp3) is 0.857.